The number of nitrogens with one attached hydrogen (secondary N) is 2. The van der Waals surface area contributed by atoms with Gasteiger partial charge in [0.1, 0.15) is 5.82 Å². The Bertz CT molecular complexity index is 822. The lowest BCUT2D eigenvalue weighted by Crippen LogP contribution is -2.30. The zero-order chi connectivity index (χ0) is 19.9. The minimum absolute atomic E-state index is 0.160. The van der Waals surface area contributed by atoms with Crippen molar-refractivity contribution in [3.05, 3.63) is 53.3 Å². The van der Waals surface area contributed by atoms with Crippen molar-refractivity contribution in [2.24, 2.45) is 0 Å². The number of carbonyl (C=O) groups excluding carboxylic acids is 1. The normalized spacial score (nSPS) is 14.4. The van der Waals surface area contributed by atoms with Gasteiger partial charge < -0.3 is 24.8 Å². The van der Waals surface area contributed by atoms with Gasteiger partial charge in [0, 0.05) is 25.8 Å². The molecule has 0 bridgehead atoms. The van der Waals surface area contributed by atoms with Crippen LogP contribution in [0.3, 0.4) is 0 Å². The second-order valence-corrected chi connectivity index (χ2v) is 6.59. The number of halogens is 1. The zero-order valence-electron chi connectivity index (χ0n) is 16.1. The lowest BCUT2D eigenvalue weighted by atomic mass is 10.1. The Morgan fingerprint density at radius 3 is 2.57 bits per heavy atom. The first-order valence-electron chi connectivity index (χ1n) is 9.23. The molecule has 1 fully saturated rings. The van der Waals surface area contributed by atoms with E-state index in [9.17, 15) is 9.18 Å². The summed E-state index contributed by atoms with van der Waals surface area (Å²) in [5.41, 5.74) is 1.78. The molecule has 1 heterocycles. The van der Waals surface area contributed by atoms with Crippen LogP contribution in [-0.4, -0.2) is 39.4 Å². The molecule has 1 saturated heterocycles. The summed E-state index contributed by atoms with van der Waals surface area (Å²) in [4.78, 5) is 12.7. The van der Waals surface area contributed by atoms with E-state index in [1.165, 1.54) is 18.2 Å². The largest absolute Gasteiger partial charge is 0.493 e. The van der Waals surface area contributed by atoms with E-state index in [0.717, 1.165) is 18.4 Å². The van der Waals surface area contributed by atoms with E-state index >= 15 is 0 Å². The maximum Gasteiger partial charge on any atom is 0.253 e. The molecule has 2 aromatic carbocycles. The van der Waals surface area contributed by atoms with Gasteiger partial charge in [-0.3, -0.25) is 4.79 Å². The van der Waals surface area contributed by atoms with Crippen molar-refractivity contribution in [1.82, 2.24) is 5.32 Å². The van der Waals surface area contributed by atoms with Crippen LogP contribution in [-0.2, 0) is 11.3 Å². The van der Waals surface area contributed by atoms with Crippen molar-refractivity contribution in [2.45, 2.75) is 25.4 Å². The predicted octanol–water partition coefficient (Wildman–Crippen LogP) is 3.36. The fourth-order valence-electron chi connectivity index (χ4n) is 3.16. The van der Waals surface area contributed by atoms with Crippen LogP contribution in [0, 0.1) is 5.82 Å². The number of amides is 1. The monoisotopic (exact) mass is 388 g/mol. The van der Waals surface area contributed by atoms with E-state index in [1.54, 1.807) is 20.3 Å². The van der Waals surface area contributed by atoms with Crippen molar-refractivity contribution in [3.8, 4) is 11.5 Å². The lowest BCUT2D eigenvalue weighted by molar-refractivity contribution is 0.0903. The molecule has 0 aliphatic carbocycles. The van der Waals surface area contributed by atoms with E-state index in [1.807, 2.05) is 12.1 Å². The molecule has 3 rings (SSSR count). The van der Waals surface area contributed by atoms with Crippen molar-refractivity contribution >= 4 is 11.6 Å². The highest BCUT2D eigenvalue weighted by molar-refractivity contribution is 5.99. The van der Waals surface area contributed by atoms with Gasteiger partial charge in [-0.2, -0.15) is 0 Å². The van der Waals surface area contributed by atoms with E-state index in [0.29, 0.717) is 42.5 Å². The Labute approximate surface area is 164 Å². The molecule has 1 amide bonds. The van der Waals surface area contributed by atoms with Gasteiger partial charge in [0.05, 0.1) is 25.5 Å². The second-order valence-electron chi connectivity index (χ2n) is 6.59. The van der Waals surface area contributed by atoms with Crippen LogP contribution in [0.5, 0.6) is 11.5 Å². The van der Waals surface area contributed by atoms with Gasteiger partial charge in [0.2, 0.25) is 0 Å². The van der Waals surface area contributed by atoms with Crippen LogP contribution in [0.15, 0.2) is 36.4 Å². The molecular formula is C21H25FN2O4. The van der Waals surface area contributed by atoms with Gasteiger partial charge in [0.15, 0.2) is 11.5 Å². The Morgan fingerprint density at radius 1 is 1.11 bits per heavy atom. The maximum atomic E-state index is 13.7. The highest BCUT2D eigenvalue weighted by atomic mass is 19.1. The summed E-state index contributed by atoms with van der Waals surface area (Å²) in [6.07, 6.45) is 1.65. The summed E-state index contributed by atoms with van der Waals surface area (Å²) in [6, 6.07) is 9.77. The Hall–Kier alpha value is -2.80. The number of benzene rings is 2. The molecule has 0 atom stereocenters. The molecule has 28 heavy (non-hydrogen) atoms. The minimum atomic E-state index is -0.383. The first-order chi connectivity index (χ1) is 13.6. The average molecular weight is 388 g/mol. The lowest BCUT2D eigenvalue weighted by Gasteiger charge is -2.25. The molecule has 0 aromatic heterocycles. The van der Waals surface area contributed by atoms with Gasteiger partial charge in [-0.25, -0.2) is 4.39 Å². The average Bonchev–Trinajstić information content (AvgIpc) is 2.72. The topological polar surface area (TPSA) is 68.8 Å². The number of hydrogen-bond acceptors (Lipinski definition) is 5. The van der Waals surface area contributed by atoms with E-state index < -0.39 is 0 Å². The van der Waals surface area contributed by atoms with Crippen LogP contribution in [0.2, 0.25) is 0 Å². The van der Waals surface area contributed by atoms with E-state index in [-0.39, 0.29) is 17.8 Å². The molecule has 0 unspecified atom stereocenters. The fourth-order valence-corrected chi connectivity index (χ4v) is 3.16. The number of rotatable bonds is 7. The number of carbonyl (C=O) groups is 1. The molecule has 150 valence electrons. The summed E-state index contributed by atoms with van der Waals surface area (Å²) in [5, 5.41) is 6.16. The van der Waals surface area contributed by atoms with Gasteiger partial charge in [-0.15, -0.1) is 0 Å². The Balaban J connectivity index is 1.70. The van der Waals surface area contributed by atoms with Crippen molar-refractivity contribution in [3.63, 3.8) is 0 Å². The molecule has 0 saturated carbocycles. The van der Waals surface area contributed by atoms with Crippen LogP contribution in [0.1, 0.15) is 28.8 Å². The van der Waals surface area contributed by atoms with Crippen molar-refractivity contribution < 1.29 is 23.4 Å². The highest BCUT2D eigenvalue weighted by Gasteiger charge is 2.18. The van der Waals surface area contributed by atoms with Gasteiger partial charge in [-0.05, 0) is 48.7 Å². The maximum absolute atomic E-state index is 13.7. The van der Waals surface area contributed by atoms with E-state index in [4.69, 9.17) is 14.2 Å². The number of anilines is 1. The zero-order valence-corrected chi connectivity index (χ0v) is 16.1. The van der Waals surface area contributed by atoms with Crippen LogP contribution >= 0.6 is 0 Å². The smallest absolute Gasteiger partial charge is 0.253 e. The SMILES string of the molecule is COc1ccc(CNC(=O)c2ccc(F)cc2NC2CCOCC2)cc1OC. The van der Waals surface area contributed by atoms with E-state index in [2.05, 4.69) is 10.6 Å². The second kappa shape index (κ2) is 9.41. The molecule has 7 heteroatoms. The third-order valence-corrected chi connectivity index (χ3v) is 4.71. The molecule has 1 aliphatic rings. The van der Waals surface area contributed by atoms with Crippen molar-refractivity contribution in [1.29, 1.82) is 0 Å². The molecule has 1 aliphatic heterocycles. The third-order valence-electron chi connectivity index (χ3n) is 4.71. The summed E-state index contributed by atoms with van der Waals surface area (Å²) < 4.78 is 29.6. The standard InChI is InChI=1S/C21H25FN2O4/c1-26-19-6-3-14(11-20(19)27-2)13-23-21(25)17-5-4-15(22)12-18(17)24-16-7-9-28-10-8-16/h3-6,11-12,16,24H,7-10,13H2,1-2H3,(H,23,25). The number of hydrogen-bond donors (Lipinski definition) is 2. The third kappa shape index (κ3) is 4.92. The summed E-state index contributed by atoms with van der Waals surface area (Å²) >= 11 is 0. The highest BCUT2D eigenvalue weighted by Crippen LogP contribution is 2.27. The van der Waals surface area contributed by atoms with Crippen LogP contribution < -0.4 is 20.1 Å². The summed E-state index contributed by atoms with van der Waals surface area (Å²) in [6.45, 7) is 1.63. The van der Waals surface area contributed by atoms with Crippen molar-refractivity contribution in [2.75, 3.05) is 32.8 Å². The molecule has 2 aromatic rings. The van der Waals surface area contributed by atoms with Gasteiger partial charge in [-0.1, -0.05) is 6.07 Å². The molecule has 6 nitrogen and oxygen atoms in total. The molecule has 2 N–H and O–H groups in total. The first kappa shape index (κ1) is 19.9. The predicted molar refractivity (Wildman–Crippen MR) is 105 cm³/mol. The first-order valence-corrected chi connectivity index (χ1v) is 9.23. The quantitative estimate of drug-likeness (QED) is 0.761. The molecule has 0 spiro atoms. The minimum Gasteiger partial charge on any atom is -0.493 e. The molecule has 0 radical (unpaired) electrons. The molecular weight excluding hydrogens is 363 g/mol. The fraction of sp³-hybridized carbons (Fsp3) is 0.381. The van der Waals surface area contributed by atoms with Crippen LogP contribution in [0.25, 0.3) is 0 Å². The Morgan fingerprint density at radius 2 is 1.86 bits per heavy atom. The number of methoxy groups -OCH3 is 2. The number of ether oxygens (including phenoxy) is 3. The summed E-state index contributed by atoms with van der Waals surface area (Å²) in [7, 11) is 3.13. The van der Waals surface area contributed by atoms with Gasteiger partial charge in [0.25, 0.3) is 5.91 Å². The van der Waals surface area contributed by atoms with Crippen LogP contribution in [0.4, 0.5) is 10.1 Å². The summed E-state index contributed by atoms with van der Waals surface area (Å²) in [5.74, 6) is 0.562. The van der Waals surface area contributed by atoms with Gasteiger partial charge >= 0.3 is 0 Å². The Kier molecular flexibility index (Phi) is 6.71.